The lowest BCUT2D eigenvalue weighted by atomic mass is 10.2. The highest BCUT2D eigenvalue weighted by molar-refractivity contribution is 5.88. The topological polar surface area (TPSA) is 112 Å². The molecule has 1 aromatic heterocycles. The number of carbonyl (C=O) groups is 1. The first-order valence-corrected chi connectivity index (χ1v) is 5.70. The molecule has 2 rings (SSSR count). The number of hydrogen-bond donors (Lipinski definition) is 1. The van der Waals surface area contributed by atoms with Crippen molar-refractivity contribution in [1.82, 2.24) is 4.98 Å². The molecule has 0 aliphatic rings. The van der Waals surface area contributed by atoms with Gasteiger partial charge in [-0.15, -0.1) is 0 Å². The second kappa shape index (κ2) is 5.87. The molecule has 0 spiro atoms. The number of nitrogens with zero attached hydrogens (tertiary/aromatic N) is 2. The lowest BCUT2D eigenvalue weighted by Gasteiger charge is -2.10. The number of aromatic carboxylic acids is 1. The molecule has 1 heterocycles. The normalized spacial score (nSPS) is 9.95. The van der Waals surface area contributed by atoms with Gasteiger partial charge < -0.3 is 14.6 Å². The molecule has 8 nitrogen and oxygen atoms in total. The summed E-state index contributed by atoms with van der Waals surface area (Å²) in [6, 6.07) is 5.28. The van der Waals surface area contributed by atoms with Crippen LogP contribution in [0, 0.1) is 10.1 Å². The monoisotopic (exact) mass is 290 g/mol. The molecule has 108 valence electrons. The average Bonchev–Trinajstić information content (AvgIpc) is 2.47. The molecule has 2 aromatic rings. The SMILES string of the molecule is COc1cc(C(=O)O)ccc1Oc1ccncc1[N+](=O)[O-]. The first-order valence-electron chi connectivity index (χ1n) is 5.70. The van der Waals surface area contributed by atoms with Crippen molar-refractivity contribution < 1.29 is 24.3 Å². The van der Waals surface area contributed by atoms with Crippen LogP contribution in [-0.4, -0.2) is 28.1 Å². The van der Waals surface area contributed by atoms with Crippen molar-refractivity contribution in [2.45, 2.75) is 0 Å². The Hall–Kier alpha value is -3.16. The molecule has 0 fully saturated rings. The summed E-state index contributed by atoms with van der Waals surface area (Å²) >= 11 is 0. The van der Waals surface area contributed by atoms with Gasteiger partial charge in [-0.3, -0.25) is 15.1 Å². The fraction of sp³-hybridized carbons (Fsp3) is 0.0769. The van der Waals surface area contributed by atoms with Gasteiger partial charge in [0.15, 0.2) is 11.5 Å². The summed E-state index contributed by atoms with van der Waals surface area (Å²) in [5, 5.41) is 19.8. The average molecular weight is 290 g/mol. The lowest BCUT2D eigenvalue weighted by Crippen LogP contribution is -1.99. The van der Waals surface area contributed by atoms with E-state index in [2.05, 4.69) is 4.98 Å². The van der Waals surface area contributed by atoms with Crippen LogP contribution in [0.15, 0.2) is 36.7 Å². The zero-order chi connectivity index (χ0) is 15.4. The lowest BCUT2D eigenvalue weighted by molar-refractivity contribution is -0.386. The van der Waals surface area contributed by atoms with Gasteiger partial charge in [-0.05, 0) is 18.2 Å². The summed E-state index contributed by atoms with van der Waals surface area (Å²) < 4.78 is 10.5. The second-order valence-electron chi connectivity index (χ2n) is 3.87. The maximum atomic E-state index is 10.9. The van der Waals surface area contributed by atoms with Crippen molar-refractivity contribution in [3.05, 3.63) is 52.3 Å². The van der Waals surface area contributed by atoms with Crippen molar-refractivity contribution >= 4 is 11.7 Å². The Morgan fingerprint density at radius 3 is 2.67 bits per heavy atom. The van der Waals surface area contributed by atoms with Gasteiger partial charge in [-0.25, -0.2) is 4.79 Å². The van der Waals surface area contributed by atoms with E-state index >= 15 is 0 Å². The number of methoxy groups -OCH3 is 1. The molecular weight excluding hydrogens is 280 g/mol. The van der Waals surface area contributed by atoms with Crippen molar-refractivity contribution in [3.63, 3.8) is 0 Å². The minimum Gasteiger partial charge on any atom is -0.493 e. The molecule has 21 heavy (non-hydrogen) atoms. The van der Waals surface area contributed by atoms with E-state index in [-0.39, 0.29) is 28.5 Å². The second-order valence-corrected chi connectivity index (χ2v) is 3.87. The summed E-state index contributed by atoms with van der Waals surface area (Å²) in [6.45, 7) is 0. The Morgan fingerprint density at radius 2 is 2.05 bits per heavy atom. The predicted molar refractivity (Wildman–Crippen MR) is 70.9 cm³/mol. The number of hydrogen-bond acceptors (Lipinski definition) is 6. The van der Waals surface area contributed by atoms with Crippen molar-refractivity contribution in [3.8, 4) is 17.2 Å². The molecular formula is C13H10N2O6. The van der Waals surface area contributed by atoms with Crippen LogP contribution in [0.1, 0.15) is 10.4 Å². The number of rotatable bonds is 5. The third-order valence-electron chi connectivity index (χ3n) is 2.59. The zero-order valence-electron chi connectivity index (χ0n) is 10.8. The van der Waals surface area contributed by atoms with Crippen molar-refractivity contribution in [2.75, 3.05) is 7.11 Å². The van der Waals surface area contributed by atoms with E-state index < -0.39 is 10.9 Å². The standard InChI is InChI=1S/C13H10N2O6/c1-20-12-6-8(13(16)17)2-3-11(12)21-10-4-5-14-7-9(10)15(18)19/h2-7H,1H3,(H,16,17). The van der Waals surface area contributed by atoms with Gasteiger partial charge in [-0.1, -0.05) is 0 Å². The third kappa shape index (κ3) is 3.06. The van der Waals surface area contributed by atoms with Gasteiger partial charge in [0.1, 0.15) is 6.20 Å². The van der Waals surface area contributed by atoms with Crippen molar-refractivity contribution in [2.24, 2.45) is 0 Å². The fourth-order valence-electron chi connectivity index (χ4n) is 1.60. The van der Waals surface area contributed by atoms with Gasteiger partial charge in [0.25, 0.3) is 0 Å². The molecule has 8 heteroatoms. The van der Waals surface area contributed by atoms with Crippen LogP contribution in [0.4, 0.5) is 5.69 Å². The maximum Gasteiger partial charge on any atom is 0.335 e. The Morgan fingerprint density at radius 1 is 1.29 bits per heavy atom. The molecule has 0 bridgehead atoms. The number of benzene rings is 1. The molecule has 0 aliphatic heterocycles. The van der Waals surface area contributed by atoms with E-state index in [0.717, 1.165) is 6.20 Å². The van der Waals surface area contributed by atoms with Crippen LogP contribution in [0.3, 0.4) is 0 Å². The van der Waals surface area contributed by atoms with Crippen molar-refractivity contribution in [1.29, 1.82) is 0 Å². The largest absolute Gasteiger partial charge is 0.493 e. The van der Waals surface area contributed by atoms with E-state index in [9.17, 15) is 14.9 Å². The van der Waals surface area contributed by atoms with Crippen LogP contribution in [0.5, 0.6) is 17.2 Å². The van der Waals surface area contributed by atoms with E-state index in [4.69, 9.17) is 14.6 Å². The van der Waals surface area contributed by atoms with Crippen LogP contribution in [-0.2, 0) is 0 Å². The summed E-state index contributed by atoms with van der Waals surface area (Å²) in [7, 11) is 1.34. The van der Waals surface area contributed by atoms with Crippen LogP contribution in [0.2, 0.25) is 0 Å². The van der Waals surface area contributed by atoms with Gasteiger partial charge in [0, 0.05) is 12.3 Å². The quantitative estimate of drug-likeness (QED) is 0.664. The number of carboxylic acids is 1. The number of pyridine rings is 1. The molecule has 0 aliphatic carbocycles. The summed E-state index contributed by atoms with van der Waals surface area (Å²) in [4.78, 5) is 24.8. The number of aromatic nitrogens is 1. The number of ether oxygens (including phenoxy) is 2. The van der Waals surface area contributed by atoms with Gasteiger partial charge in [0.05, 0.1) is 17.6 Å². The maximum absolute atomic E-state index is 10.9. The van der Waals surface area contributed by atoms with E-state index in [1.807, 2.05) is 0 Å². The Balaban J connectivity index is 2.40. The summed E-state index contributed by atoms with van der Waals surface area (Å²) in [5.41, 5.74) is -0.287. The van der Waals surface area contributed by atoms with Gasteiger partial charge in [-0.2, -0.15) is 0 Å². The molecule has 0 amide bonds. The highest BCUT2D eigenvalue weighted by Gasteiger charge is 2.18. The molecule has 0 atom stereocenters. The third-order valence-corrected chi connectivity index (χ3v) is 2.59. The molecule has 1 aromatic carbocycles. The fourth-order valence-corrected chi connectivity index (χ4v) is 1.60. The van der Waals surface area contributed by atoms with E-state index in [1.54, 1.807) is 0 Å². The highest BCUT2D eigenvalue weighted by atomic mass is 16.6. The van der Waals surface area contributed by atoms with Gasteiger partial charge >= 0.3 is 11.7 Å². The molecule has 0 saturated heterocycles. The molecule has 0 unspecified atom stereocenters. The molecule has 0 radical (unpaired) electrons. The minimum atomic E-state index is -1.12. The summed E-state index contributed by atoms with van der Waals surface area (Å²) in [5.74, 6) is -0.816. The Kier molecular flexibility index (Phi) is 3.98. The smallest absolute Gasteiger partial charge is 0.335 e. The van der Waals surface area contributed by atoms with Crippen LogP contribution in [0.25, 0.3) is 0 Å². The van der Waals surface area contributed by atoms with Crippen LogP contribution < -0.4 is 9.47 Å². The van der Waals surface area contributed by atoms with Gasteiger partial charge in [0.2, 0.25) is 5.75 Å². The predicted octanol–water partition coefficient (Wildman–Crippen LogP) is 2.49. The Bertz CT molecular complexity index is 701. The minimum absolute atomic E-state index is 0.0171. The number of carboxylic acid groups (broad SMARTS) is 1. The van der Waals surface area contributed by atoms with Crippen LogP contribution >= 0.6 is 0 Å². The summed E-state index contributed by atoms with van der Waals surface area (Å²) in [6.07, 6.45) is 2.41. The molecule has 1 N–H and O–H groups in total. The Labute approximate surface area is 118 Å². The first-order chi connectivity index (χ1) is 10.0. The number of nitro groups is 1. The van der Waals surface area contributed by atoms with E-state index in [1.165, 1.54) is 37.6 Å². The zero-order valence-corrected chi connectivity index (χ0v) is 10.8. The molecule has 0 saturated carbocycles. The van der Waals surface area contributed by atoms with E-state index in [0.29, 0.717) is 0 Å². The first kappa shape index (κ1) is 14.3. The highest BCUT2D eigenvalue weighted by Crippen LogP contribution is 2.36.